The first-order valence-electron chi connectivity index (χ1n) is 1.50. The molecule has 1 N–H and O–H groups in total. The molecule has 0 aliphatic carbocycles. The summed E-state index contributed by atoms with van der Waals surface area (Å²) in [5.41, 5.74) is 0. The van der Waals surface area contributed by atoms with E-state index in [0.29, 0.717) is 10.9 Å². The molecule has 0 aliphatic rings. The molecule has 0 unspecified atom stereocenters. The van der Waals surface area contributed by atoms with Gasteiger partial charge in [0.25, 0.3) is 0 Å². The third-order valence-electron chi connectivity index (χ3n) is 0.283. The normalized spacial score (nSPS) is 7.67. The summed E-state index contributed by atoms with van der Waals surface area (Å²) in [5, 5.41) is 3.40. The standard InChI is InChI=1S/C3H7NS2/c1-3(6)4-2-5/h4-6H,1-2H2. The average Bonchev–Trinajstić information content (AvgIpc) is 1.35. The molecule has 3 heteroatoms. The Morgan fingerprint density at radius 1 is 1.83 bits per heavy atom. The highest BCUT2D eigenvalue weighted by atomic mass is 32.1. The van der Waals surface area contributed by atoms with Gasteiger partial charge < -0.3 is 5.32 Å². The van der Waals surface area contributed by atoms with E-state index in [1.807, 2.05) is 0 Å². The molecular formula is C3H7NS2. The van der Waals surface area contributed by atoms with Crippen LogP contribution >= 0.6 is 25.3 Å². The van der Waals surface area contributed by atoms with E-state index >= 15 is 0 Å². The Morgan fingerprint density at radius 3 is 2.33 bits per heavy atom. The number of hydrogen-bond acceptors (Lipinski definition) is 3. The van der Waals surface area contributed by atoms with E-state index in [0.717, 1.165) is 0 Å². The maximum absolute atomic E-state index is 3.84. The zero-order chi connectivity index (χ0) is 4.99. The molecule has 0 rings (SSSR count). The van der Waals surface area contributed by atoms with Crippen molar-refractivity contribution in [2.45, 2.75) is 0 Å². The van der Waals surface area contributed by atoms with E-state index in [-0.39, 0.29) is 0 Å². The Kier molecular flexibility index (Phi) is 3.57. The Balaban J connectivity index is 2.83. The van der Waals surface area contributed by atoms with Gasteiger partial charge in [-0.3, -0.25) is 0 Å². The van der Waals surface area contributed by atoms with Gasteiger partial charge in [-0.2, -0.15) is 12.6 Å². The summed E-state index contributed by atoms with van der Waals surface area (Å²) in [6.07, 6.45) is 0. The molecule has 0 heterocycles. The van der Waals surface area contributed by atoms with Crippen molar-refractivity contribution in [1.29, 1.82) is 0 Å². The maximum atomic E-state index is 3.84. The van der Waals surface area contributed by atoms with Crippen molar-refractivity contribution in [2.24, 2.45) is 0 Å². The fourth-order valence-corrected chi connectivity index (χ4v) is 0.486. The van der Waals surface area contributed by atoms with Crippen LogP contribution in [-0.2, 0) is 0 Å². The first-order chi connectivity index (χ1) is 2.77. The highest BCUT2D eigenvalue weighted by Crippen LogP contribution is 1.86. The average molecular weight is 121 g/mol. The van der Waals surface area contributed by atoms with Gasteiger partial charge in [0, 0.05) is 0 Å². The van der Waals surface area contributed by atoms with Crippen molar-refractivity contribution >= 4 is 25.3 Å². The minimum absolute atomic E-state index is 0.600. The summed E-state index contributed by atoms with van der Waals surface area (Å²) in [6, 6.07) is 0. The van der Waals surface area contributed by atoms with Crippen LogP contribution in [0.25, 0.3) is 0 Å². The van der Waals surface area contributed by atoms with Gasteiger partial charge in [-0.15, -0.1) is 12.6 Å². The van der Waals surface area contributed by atoms with Crippen LogP contribution in [0.4, 0.5) is 0 Å². The van der Waals surface area contributed by atoms with Gasteiger partial charge in [0.2, 0.25) is 0 Å². The lowest BCUT2D eigenvalue weighted by atomic mass is 11.0. The number of hydrogen-bond donors (Lipinski definition) is 3. The van der Waals surface area contributed by atoms with E-state index in [9.17, 15) is 0 Å². The van der Waals surface area contributed by atoms with Crippen LogP contribution in [0.1, 0.15) is 0 Å². The summed E-state index contributed by atoms with van der Waals surface area (Å²) < 4.78 is 0. The van der Waals surface area contributed by atoms with Crippen molar-refractivity contribution in [3.05, 3.63) is 11.6 Å². The summed E-state index contributed by atoms with van der Waals surface area (Å²) >= 11 is 7.66. The molecule has 6 heavy (non-hydrogen) atoms. The summed E-state index contributed by atoms with van der Waals surface area (Å²) in [7, 11) is 0. The minimum Gasteiger partial charge on any atom is -0.372 e. The summed E-state index contributed by atoms with van der Waals surface area (Å²) in [4.78, 5) is 0. The Hall–Kier alpha value is 0.240. The number of thiol groups is 2. The van der Waals surface area contributed by atoms with Gasteiger partial charge in [-0.25, -0.2) is 0 Å². The van der Waals surface area contributed by atoms with E-state index in [4.69, 9.17) is 0 Å². The van der Waals surface area contributed by atoms with E-state index < -0.39 is 0 Å². The largest absolute Gasteiger partial charge is 0.372 e. The molecule has 0 aliphatic heterocycles. The van der Waals surface area contributed by atoms with E-state index in [1.165, 1.54) is 0 Å². The third-order valence-corrected chi connectivity index (χ3v) is 0.599. The van der Waals surface area contributed by atoms with Crippen molar-refractivity contribution in [3.63, 3.8) is 0 Å². The van der Waals surface area contributed by atoms with Gasteiger partial charge in [0.05, 0.1) is 10.9 Å². The summed E-state index contributed by atoms with van der Waals surface area (Å²) in [5.74, 6) is 0.600. The van der Waals surface area contributed by atoms with Crippen LogP contribution in [0.5, 0.6) is 0 Å². The van der Waals surface area contributed by atoms with Gasteiger partial charge in [0.1, 0.15) is 0 Å². The molecule has 0 saturated carbocycles. The van der Waals surface area contributed by atoms with Crippen LogP contribution in [0.15, 0.2) is 11.6 Å². The van der Waals surface area contributed by atoms with Crippen molar-refractivity contribution in [1.82, 2.24) is 5.32 Å². The van der Waals surface area contributed by atoms with E-state index in [1.54, 1.807) is 0 Å². The molecular weight excluding hydrogens is 114 g/mol. The van der Waals surface area contributed by atoms with Gasteiger partial charge in [0.15, 0.2) is 0 Å². The van der Waals surface area contributed by atoms with Crippen LogP contribution in [-0.4, -0.2) is 5.88 Å². The Labute approximate surface area is 48.6 Å². The Bertz CT molecular complexity index is 52.8. The smallest absolute Gasteiger partial charge is 0.0586 e. The molecule has 0 fully saturated rings. The van der Waals surface area contributed by atoms with Crippen LogP contribution in [0.2, 0.25) is 0 Å². The molecule has 0 aromatic rings. The fourth-order valence-electron chi connectivity index (χ4n) is 0.0913. The van der Waals surface area contributed by atoms with Gasteiger partial charge >= 0.3 is 0 Å². The topological polar surface area (TPSA) is 12.0 Å². The predicted molar refractivity (Wildman–Crippen MR) is 35.1 cm³/mol. The Morgan fingerprint density at radius 2 is 2.33 bits per heavy atom. The quantitative estimate of drug-likeness (QED) is 0.364. The molecule has 0 amide bonds. The second kappa shape index (κ2) is 3.43. The molecule has 36 valence electrons. The van der Waals surface area contributed by atoms with E-state index in [2.05, 4.69) is 37.2 Å². The molecule has 0 radical (unpaired) electrons. The molecule has 0 aromatic heterocycles. The molecule has 1 nitrogen and oxygen atoms in total. The van der Waals surface area contributed by atoms with Crippen molar-refractivity contribution in [2.75, 3.05) is 5.88 Å². The first kappa shape index (κ1) is 6.24. The lowest BCUT2D eigenvalue weighted by Gasteiger charge is -1.93. The number of nitrogens with one attached hydrogen (secondary N) is 1. The monoisotopic (exact) mass is 121 g/mol. The molecule has 0 atom stereocenters. The van der Waals surface area contributed by atoms with Crippen molar-refractivity contribution < 1.29 is 0 Å². The van der Waals surface area contributed by atoms with Crippen molar-refractivity contribution in [3.8, 4) is 0 Å². The summed E-state index contributed by atoms with van der Waals surface area (Å²) in [6.45, 7) is 3.45. The number of rotatable bonds is 2. The second-order valence-corrected chi connectivity index (χ2v) is 1.64. The SMILES string of the molecule is C=C(S)NCS. The maximum Gasteiger partial charge on any atom is 0.0586 e. The van der Waals surface area contributed by atoms with Gasteiger partial charge in [-0.1, -0.05) is 6.58 Å². The first-order valence-corrected chi connectivity index (χ1v) is 2.58. The highest BCUT2D eigenvalue weighted by Gasteiger charge is 1.72. The van der Waals surface area contributed by atoms with Gasteiger partial charge in [-0.05, 0) is 0 Å². The molecule has 0 spiro atoms. The van der Waals surface area contributed by atoms with Crippen LogP contribution in [0, 0.1) is 0 Å². The van der Waals surface area contributed by atoms with Crippen LogP contribution in [0.3, 0.4) is 0 Å². The predicted octanol–water partition coefficient (Wildman–Crippen LogP) is 0.864. The lowest BCUT2D eigenvalue weighted by molar-refractivity contribution is 1.05. The molecule has 0 saturated heterocycles. The highest BCUT2D eigenvalue weighted by molar-refractivity contribution is 7.84. The lowest BCUT2D eigenvalue weighted by Crippen LogP contribution is -2.03. The second-order valence-electron chi connectivity index (χ2n) is 0.782. The van der Waals surface area contributed by atoms with Crippen LogP contribution < -0.4 is 5.32 Å². The third kappa shape index (κ3) is 4.24. The zero-order valence-corrected chi connectivity index (χ0v) is 5.10. The fraction of sp³-hybridized carbons (Fsp3) is 0.333. The zero-order valence-electron chi connectivity index (χ0n) is 3.31. The molecule has 0 bridgehead atoms. The molecule has 0 aromatic carbocycles. The minimum atomic E-state index is 0.600.